The number of carbonyl (C=O) groups excluding carboxylic acids is 1. The van der Waals surface area contributed by atoms with Gasteiger partial charge in [-0.15, -0.1) is 6.58 Å². The molecule has 0 bridgehead atoms. The molecule has 0 radical (unpaired) electrons. The molecule has 0 aromatic carbocycles. The molecule has 0 heterocycles. The fourth-order valence-corrected chi connectivity index (χ4v) is 2.27. The number of aldehydes is 1. The third kappa shape index (κ3) is 3.75. The largest absolute Gasteiger partial charge is 0.303 e. The summed E-state index contributed by atoms with van der Waals surface area (Å²) in [6.07, 6.45) is 11.7. The Hall–Kier alpha value is -0.590. The third-order valence-corrected chi connectivity index (χ3v) is 3.02. The lowest BCUT2D eigenvalue weighted by Gasteiger charge is -2.23. The predicted molar refractivity (Wildman–Crippen MR) is 55.6 cm³/mol. The van der Waals surface area contributed by atoms with Gasteiger partial charge < -0.3 is 4.79 Å². The molecule has 0 amide bonds. The van der Waals surface area contributed by atoms with E-state index in [9.17, 15) is 4.79 Å². The van der Waals surface area contributed by atoms with Crippen LogP contribution in [0.4, 0.5) is 0 Å². The normalized spacial score (nSPS) is 20.9. The standard InChI is InChI=1S/C12H20O/c1-2-6-12(10-13)9-11-7-4-3-5-8-11/h2,10-12H,1,3-9H2. The van der Waals surface area contributed by atoms with Crippen molar-refractivity contribution in [3.8, 4) is 0 Å². The predicted octanol–water partition coefficient (Wildman–Crippen LogP) is 3.35. The van der Waals surface area contributed by atoms with Crippen molar-refractivity contribution in [1.82, 2.24) is 0 Å². The fourth-order valence-electron chi connectivity index (χ4n) is 2.27. The molecule has 1 aliphatic rings. The summed E-state index contributed by atoms with van der Waals surface area (Å²) in [4.78, 5) is 10.7. The van der Waals surface area contributed by atoms with Crippen molar-refractivity contribution in [3.05, 3.63) is 12.7 Å². The van der Waals surface area contributed by atoms with Crippen LogP contribution in [0.5, 0.6) is 0 Å². The van der Waals surface area contributed by atoms with E-state index in [0.717, 1.165) is 25.0 Å². The van der Waals surface area contributed by atoms with Gasteiger partial charge in [-0.2, -0.15) is 0 Å². The molecule has 0 spiro atoms. The van der Waals surface area contributed by atoms with Crippen LogP contribution in [0, 0.1) is 11.8 Å². The van der Waals surface area contributed by atoms with E-state index in [1.807, 2.05) is 6.08 Å². The Kier molecular flexibility index (Phi) is 4.81. The highest BCUT2D eigenvalue weighted by Crippen LogP contribution is 2.29. The van der Waals surface area contributed by atoms with E-state index in [0.29, 0.717) is 0 Å². The molecule has 0 N–H and O–H groups in total. The summed E-state index contributed by atoms with van der Waals surface area (Å²) in [6, 6.07) is 0. The maximum absolute atomic E-state index is 10.7. The first-order valence-corrected chi connectivity index (χ1v) is 5.43. The van der Waals surface area contributed by atoms with Gasteiger partial charge >= 0.3 is 0 Å². The summed E-state index contributed by atoms with van der Waals surface area (Å²) in [6.45, 7) is 3.68. The van der Waals surface area contributed by atoms with E-state index in [-0.39, 0.29) is 5.92 Å². The zero-order chi connectivity index (χ0) is 9.52. The van der Waals surface area contributed by atoms with Crippen LogP contribution in [0.15, 0.2) is 12.7 Å². The molecule has 1 fully saturated rings. The van der Waals surface area contributed by atoms with Crippen molar-refractivity contribution in [1.29, 1.82) is 0 Å². The summed E-state index contributed by atoms with van der Waals surface area (Å²) in [5, 5.41) is 0. The highest BCUT2D eigenvalue weighted by Gasteiger charge is 2.17. The molecule has 74 valence electrons. The molecule has 1 unspecified atom stereocenters. The average molecular weight is 180 g/mol. The Labute approximate surface area is 81.2 Å². The molecule has 0 aliphatic heterocycles. The lowest BCUT2D eigenvalue weighted by Crippen LogP contribution is -2.12. The number of rotatable bonds is 5. The van der Waals surface area contributed by atoms with Gasteiger partial charge in [0.05, 0.1) is 0 Å². The summed E-state index contributed by atoms with van der Waals surface area (Å²) in [7, 11) is 0. The SMILES string of the molecule is C=CCC(C=O)CC1CCCCC1. The maximum atomic E-state index is 10.7. The van der Waals surface area contributed by atoms with Gasteiger partial charge in [-0.1, -0.05) is 38.2 Å². The molecule has 0 aromatic heterocycles. The smallest absolute Gasteiger partial charge is 0.123 e. The van der Waals surface area contributed by atoms with Crippen molar-refractivity contribution >= 4 is 6.29 Å². The second-order valence-corrected chi connectivity index (χ2v) is 4.16. The fraction of sp³-hybridized carbons (Fsp3) is 0.750. The van der Waals surface area contributed by atoms with E-state index in [4.69, 9.17) is 0 Å². The van der Waals surface area contributed by atoms with Gasteiger partial charge in [0, 0.05) is 5.92 Å². The lowest BCUT2D eigenvalue weighted by atomic mass is 9.82. The minimum Gasteiger partial charge on any atom is -0.303 e. The second-order valence-electron chi connectivity index (χ2n) is 4.16. The Morgan fingerprint density at radius 2 is 2.00 bits per heavy atom. The monoisotopic (exact) mass is 180 g/mol. The Bertz CT molecular complexity index is 157. The number of hydrogen-bond donors (Lipinski definition) is 0. The summed E-state index contributed by atoms with van der Waals surface area (Å²) >= 11 is 0. The molecule has 13 heavy (non-hydrogen) atoms. The van der Waals surface area contributed by atoms with Gasteiger partial charge in [0.1, 0.15) is 6.29 Å². The van der Waals surface area contributed by atoms with E-state index in [1.54, 1.807) is 0 Å². The van der Waals surface area contributed by atoms with E-state index in [1.165, 1.54) is 32.1 Å². The van der Waals surface area contributed by atoms with Gasteiger partial charge in [0.2, 0.25) is 0 Å². The van der Waals surface area contributed by atoms with Crippen LogP contribution >= 0.6 is 0 Å². The Morgan fingerprint density at radius 1 is 1.31 bits per heavy atom. The van der Waals surface area contributed by atoms with E-state index >= 15 is 0 Å². The van der Waals surface area contributed by atoms with Crippen LogP contribution in [0.2, 0.25) is 0 Å². The Morgan fingerprint density at radius 3 is 2.54 bits per heavy atom. The lowest BCUT2D eigenvalue weighted by molar-refractivity contribution is -0.111. The van der Waals surface area contributed by atoms with Crippen molar-refractivity contribution in [3.63, 3.8) is 0 Å². The van der Waals surface area contributed by atoms with Crippen LogP contribution in [0.25, 0.3) is 0 Å². The van der Waals surface area contributed by atoms with Gasteiger partial charge in [0.25, 0.3) is 0 Å². The number of carbonyl (C=O) groups is 1. The van der Waals surface area contributed by atoms with Crippen LogP contribution in [-0.4, -0.2) is 6.29 Å². The molecular weight excluding hydrogens is 160 g/mol. The maximum Gasteiger partial charge on any atom is 0.123 e. The van der Waals surface area contributed by atoms with Crippen molar-refractivity contribution in [2.24, 2.45) is 11.8 Å². The zero-order valence-corrected chi connectivity index (χ0v) is 8.37. The zero-order valence-electron chi connectivity index (χ0n) is 8.37. The molecule has 1 saturated carbocycles. The third-order valence-electron chi connectivity index (χ3n) is 3.02. The minimum atomic E-state index is 0.237. The van der Waals surface area contributed by atoms with E-state index in [2.05, 4.69) is 6.58 Å². The van der Waals surface area contributed by atoms with Crippen molar-refractivity contribution in [2.45, 2.75) is 44.9 Å². The van der Waals surface area contributed by atoms with Gasteiger partial charge in [-0.05, 0) is 18.8 Å². The molecule has 1 aliphatic carbocycles. The quantitative estimate of drug-likeness (QED) is 0.468. The van der Waals surface area contributed by atoms with Crippen LogP contribution < -0.4 is 0 Å². The second kappa shape index (κ2) is 5.95. The van der Waals surface area contributed by atoms with Crippen LogP contribution in [0.3, 0.4) is 0 Å². The first kappa shape index (κ1) is 10.5. The van der Waals surface area contributed by atoms with Crippen LogP contribution in [-0.2, 0) is 4.79 Å². The molecule has 1 atom stereocenters. The molecule has 0 saturated heterocycles. The highest BCUT2D eigenvalue weighted by atomic mass is 16.1. The molecule has 1 heteroatoms. The van der Waals surface area contributed by atoms with E-state index < -0.39 is 0 Å². The number of allylic oxidation sites excluding steroid dienone is 1. The van der Waals surface area contributed by atoms with Gasteiger partial charge in [-0.3, -0.25) is 0 Å². The van der Waals surface area contributed by atoms with Crippen molar-refractivity contribution in [2.75, 3.05) is 0 Å². The summed E-state index contributed by atoms with van der Waals surface area (Å²) in [5.74, 6) is 1.05. The molecule has 1 rings (SSSR count). The van der Waals surface area contributed by atoms with Crippen LogP contribution in [0.1, 0.15) is 44.9 Å². The topological polar surface area (TPSA) is 17.1 Å². The first-order valence-electron chi connectivity index (χ1n) is 5.43. The molecular formula is C12H20O. The number of hydrogen-bond acceptors (Lipinski definition) is 1. The summed E-state index contributed by atoms with van der Waals surface area (Å²) in [5.41, 5.74) is 0. The van der Waals surface area contributed by atoms with Gasteiger partial charge in [0.15, 0.2) is 0 Å². The summed E-state index contributed by atoms with van der Waals surface area (Å²) < 4.78 is 0. The molecule has 1 nitrogen and oxygen atoms in total. The first-order chi connectivity index (χ1) is 6.36. The Balaban J connectivity index is 2.26. The van der Waals surface area contributed by atoms with Gasteiger partial charge in [-0.25, -0.2) is 0 Å². The average Bonchev–Trinajstić information content (AvgIpc) is 2.19. The van der Waals surface area contributed by atoms with Crippen molar-refractivity contribution < 1.29 is 4.79 Å². The minimum absolute atomic E-state index is 0.237. The molecule has 0 aromatic rings. The highest BCUT2D eigenvalue weighted by molar-refractivity contribution is 5.53.